The van der Waals surface area contributed by atoms with Gasteiger partial charge in [0.2, 0.25) is 0 Å². The third kappa shape index (κ3) is 5.53. The second kappa shape index (κ2) is 5.79. The van der Waals surface area contributed by atoms with Gasteiger partial charge in [-0.1, -0.05) is 6.08 Å². The van der Waals surface area contributed by atoms with E-state index in [4.69, 9.17) is 5.73 Å². The zero-order valence-electron chi connectivity index (χ0n) is 6.14. The minimum absolute atomic E-state index is 0.779. The summed E-state index contributed by atoms with van der Waals surface area (Å²) in [7, 11) is 2.07. The van der Waals surface area contributed by atoms with Crippen LogP contribution in [0.4, 0.5) is 0 Å². The van der Waals surface area contributed by atoms with Crippen LogP contribution in [0.15, 0.2) is 12.7 Å². The SMILES string of the molecule is C=CCN(C)CCCN. The first-order valence-corrected chi connectivity index (χ1v) is 3.30. The minimum atomic E-state index is 0.779. The molecule has 0 aliphatic rings. The van der Waals surface area contributed by atoms with Gasteiger partial charge in [-0.15, -0.1) is 6.58 Å². The highest BCUT2D eigenvalue weighted by Crippen LogP contribution is 1.84. The molecule has 0 bridgehead atoms. The van der Waals surface area contributed by atoms with Crippen LogP contribution in [-0.2, 0) is 0 Å². The van der Waals surface area contributed by atoms with Gasteiger partial charge in [-0.05, 0) is 26.6 Å². The molecule has 0 spiro atoms. The van der Waals surface area contributed by atoms with Crippen molar-refractivity contribution in [2.24, 2.45) is 5.73 Å². The monoisotopic (exact) mass is 128 g/mol. The maximum absolute atomic E-state index is 5.32. The van der Waals surface area contributed by atoms with Crippen molar-refractivity contribution in [1.82, 2.24) is 4.90 Å². The second-order valence-electron chi connectivity index (χ2n) is 2.19. The summed E-state index contributed by atoms with van der Waals surface area (Å²) in [4.78, 5) is 2.19. The predicted octanol–water partition coefficient (Wildman–Crippen LogP) is 0.453. The van der Waals surface area contributed by atoms with E-state index in [2.05, 4.69) is 18.5 Å². The van der Waals surface area contributed by atoms with Gasteiger partial charge < -0.3 is 10.6 Å². The van der Waals surface area contributed by atoms with E-state index in [0.717, 1.165) is 26.1 Å². The van der Waals surface area contributed by atoms with E-state index in [1.54, 1.807) is 0 Å². The quantitative estimate of drug-likeness (QED) is 0.545. The molecule has 0 radical (unpaired) electrons. The van der Waals surface area contributed by atoms with Gasteiger partial charge in [-0.2, -0.15) is 0 Å². The summed E-state index contributed by atoms with van der Waals surface area (Å²) < 4.78 is 0. The average Bonchev–Trinajstić information content (AvgIpc) is 1.85. The van der Waals surface area contributed by atoms with Crippen LogP contribution in [0.3, 0.4) is 0 Å². The Balaban J connectivity index is 3.04. The van der Waals surface area contributed by atoms with Crippen LogP contribution < -0.4 is 5.73 Å². The Kier molecular flexibility index (Phi) is 5.57. The van der Waals surface area contributed by atoms with E-state index in [1.165, 1.54) is 0 Å². The topological polar surface area (TPSA) is 29.3 Å². The molecule has 2 heteroatoms. The fraction of sp³-hybridized carbons (Fsp3) is 0.714. The maximum Gasteiger partial charge on any atom is 0.0157 e. The van der Waals surface area contributed by atoms with Gasteiger partial charge in [0.25, 0.3) is 0 Å². The zero-order valence-corrected chi connectivity index (χ0v) is 6.14. The molecule has 0 heterocycles. The number of likely N-dealkylation sites (N-methyl/N-ethyl adjacent to an activating group) is 1. The molecule has 0 unspecified atom stereocenters. The van der Waals surface area contributed by atoms with Crippen LogP contribution in [0.5, 0.6) is 0 Å². The molecule has 0 saturated heterocycles. The first-order valence-electron chi connectivity index (χ1n) is 3.30. The Morgan fingerprint density at radius 2 is 2.33 bits per heavy atom. The van der Waals surface area contributed by atoms with Crippen molar-refractivity contribution in [3.63, 3.8) is 0 Å². The largest absolute Gasteiger partial charge is 0.330 e. The van der Waals surface area contributed by atoms with E-state index in [0.29, 0.717) is 0 Å². The summed E-state index contributed by atoms with van der Waals surface area (Å²) in [6.45, 7) is 6.45. The highest BCUT2D eigenvalue weighted by Gasteiger charge is 1.90. The molecule has 2 nitrogen and oxygen atoms in total. The first kappa shape index (κ1) is 8.66. The zero-order chi connectivity index (χ0) is 7.11. The van der Waals surface area contributed by atoms with Crippen LogP contribution in [0.1, 0.15) is 6.42 Å². The van der Waals surface area contributed by atoms with Gasteiger partial charge in [0.1, 0.15) is 0 Å². The van der Waals surface area contributed by atoms with E-state index < -0.39 is 0 Å². The van der Waals surface area contributed by atoms with Gasteiger partial charge in [0.15, 0.2) is 0 Å². The maximum atomic E-state index is 5.32. The smallest absolute Gasteiger partial charge is 0.0157 e. The third-order valence-corrected chi connectivity index (χ3v) is 1.18. The summed E-state index contributed by atoms with van der Waals surface area (Å²) in [5, 5.41) is 0. The molecule has 0 aromatic carbocycles. The normalized spacial score (nSPS) is 10.1. The van der Waals surface area contributed by atoms with Crippen LogP contribution in [0, 0.1) is 0 Å². The van der Waals surface area contributed by atoms with Crippen LogP contribution in [0.25, 0.3) is 0 Å². The van der Waals surface area contributed by atoms with Crippen molar-refractivity contribution < 1.29 is 0 Å². The lowest BCUT2D eigenvalue weighted by molar-refractivity contribution is 0.366. The molecule has 54 valence electrons. The molecule has 0 amide bonds. The fourth-order valence-electron chi connectivity index (χ4n) is 0.673. The molecular weight excluding hydrogens is 112 g/mol. The number of hydrogen-bond acceptors (Lipinski definition) is 2. The Morgan fingerprint density at radius 3 is 2.78 bits per heavy atom. The van der Waals surface area contributed by atoms with Crippen LogP contribution in [0.2, 0.25) is 0 Å². The van der Waals surface area contributed by atoms with Crippen LogP contribution >= 0.6 is 0 Å². The van der Waals surface area contributed by atoms with Crippen molar-refractivity contribution in [2.75, 3.05) is 26.7 Å². The number of rotatable bonds is 5. The summed E-state index contributed by atoms with van der Waals surface area (Å²) >= 11 is 0. The van der Waals surface area contributed by atoms with Crippen molar-refractivity contribution in [2.45, 2.75) is 6.42 Å². The highest BCUT2D eigenvalue weighted by molar-refractivity contribution is 4.70. The van der Waals surface area contributed by atoms with Crippen molar-refractivity contribution >= 4 is 0 Å². The lowest BCUT2D eigenvalue weighted by Crippen LogP contribution is -2.21. The Morgan fingerprint density at radius 1 is 1.67 bits per heavy atom. The minimum Gasteiger partial charge on any atom is -0.330 e. The highest BCUT2D eigenvalue weighted by atomic mass is 15.1. The van der Waals surface area contributed by atoms with Crippen molar-refractivity contribution in [3.05, 3.63) is 12.7 Å². The third-order valence-electron chi connectivity index (χ3n) is 1.18. The van der Waals surface area contributed by atoms with Gasteiger partial charge in [-0.3, -0.25) is 0 Å². The Hall–Kier alpha value is -0.340. The molecule has 0 rings (SSSR count). The van der Waals surface area contributed by atoms with Crippen molar-refractivity contribution in [1.29, 1.82) is 0 Å². The standard InChI is InChI=1S/C7H16N2/c1-3-6-9(2)7-4-5-8/h3H,1,4-8H2,2H3. The molecule has 2 N–H and O–H groups in total. The lowest BCUT2D eigenvalue weighted by atomic mass is 10.4. The molecule has 0 atom stereocenters. The summed E-state index contributed by atoms with van der Waals surface area (Å²) in [6.07, 6.45) is 2.97. The van der Waals surface area contributed by atoms with E-state index in [1.807, 2.05) is 6.08 Å². The van der Waals surface area contributed by atoms with Gasteiger partial charge in [-0.25, -0.2) is 0 Å². The Labute approximate surface area is 57.3 Å². The molecule has 0 saturated carbocycles. The number of hydrogen-bond donors (Lipinski definition) is 1. The molecule has 0 aromatic rings. The van der Waals surface area contributed by atoms with Gasteiger partial charge >= 0.3 is 0 Å². The summed E-state index contributed by atoms with van der Waals surface area (Å²) in [5.74, 6) is 0. The molecular formula is C7H16N2. The molecule has 0 aliphatic heterocycles. The molecule has 0 aromatic heterocycles. The summed E-state index contributed by atoms with van der Waals surface area (Å²) in [6, 6.07) is 0. The fourth-order valence-corrected chi connectivity index (χ4v) is 0.673. The lowest BCUT2D eigenvalue weighted by Gasteiger charge is -2.12. The molecule has 0 fully saturated rings. The predicted molar refractivity (Wildman–Crippen MR) is 41.4 cm³/mol. The van der Waals surface area contributed by atoms with E-state index >= 15 is 0 Å². The molecule has 9 heavy (non-hydrogen) atoms. The van der Waals surface area contributed by atoms with Crippen molar-refractivity contribution in [3.8, 4) is 0 Å². The van der Waals surface area contributed by atoms with E-state index in [-0.39, 0.29) is 0 Å². The number of nitrogens with two attached hydrogens (primary N) is 1. The first-order chi connectivity index (χ1) is 4.31. The van der Waals surface area contributed by atoms with Crippen LogP contribution in [-0.4, -0.2) is 31.6 Å². The summed E-state index contributed by atoms with van der Waals surface area (Å²) in [5.41, 5.74) is 5.32. The second-order valence-corrected chi connectivity index (χ2v) is 2.19. The Bertz CT molecular complexity index is 71.3. The average molecular weight is 128 g/mol. The van der Waals surface area contributed by atoms with E-state index in [9.17, 15) is 0 Å². The van der Waals surface area contributed by atoms with Gasteiger partial charge in [0, 0.05) is 6.54 Å². The molecule has 0 aliphatic carbocycles. The van der Waals surface area contributed by atoms with Gasteiger partial charge in [0.05, 0.1) is 0 Å². The number of nitrogens with zero attached hydrogens (tertiary/aromatic N) is 1.